The molecule has 3 nitrogen and oxygen atoms in total. The fourth-order valence-corrected chi connectivity index (χ4v) is 2.95. The first kappa shape index (κ1) is 14.1. The van der Waals surface area contributed by atoms with Crippen LogP contribution in [0.2, 0.25) is 0 Å². The minimum absolute atomic E-state index is 0.0464. The molecule has 0 saturated heterocycles. The maximum absolute atomic E-state index is 13.6. The lowest BCUT2D eigenvalue weighted by Crippen LogP contribution is -2.24. The maximum atomic E-state index is 13.6. The molecule has 1 amide bonds. The third kappa shape index (κ3) is 2.93. The predicted octanol–water partition coefficient (Wildman–Crippen LogP) is 3.45. The van der Waals surface area contributed by atoms with Crippen molar-refractivity contribution in [2.24, 2.45) is 0 Å². The van der Waals surface area contributed by atoms with E-state index in [2.05, 4.69) is 21.2 Å². The molecule has 0 bridgehead atoms. The Morgan fingerprint density at radius 2 is 2.14 bits per heavy atom. The molecule has 21 heavy (non-hydrogen) atoms. The van der Waals surface area contributed by atoms with E-state index in [1.165, 1.54) is 12.1 Å². The summed E-state index contributed by atoms with van der Waals surface area (Å²) in [6.45, 7) is 0.953. The minimum atomic E-state index is -0.522. The Kier molecular flexibility index (Phi) is 3.92. The number of halogens is 2. The van der Waals surface area contributed by atoms with Crippen LogP contribution in [-0.4, -0.2) is 12.5 Å². The molecule has 0 saturated carbocycles. The molecule has 5 heteroatoms. The molecule has 1 aliphatic rings. The van der Waals surface area contributed by atoms with Crippen LogP contribution in [0.3, 0.4) is 0 Å². The van der Waals surface area contributed by atoms with Gasteiger partial charge in [-0.1, -0.05) is 28.1 Å². The Hall–Kier alpha value is -1.88. The maximum Gasteiger partial charge on any atom is 0.254 e. The van der Waals surface area contributed by atoms with Crippen LogP contribution in [0.5, 0.6) is 5.75 Å². The predicted molar refractivity (Wildman–Crippen MR) is 80.9 cm³/mol. The summed E-state index contributed by atoms with van der Waals surface area (Å²) in [4.78, 5) is 12.0. The average Bonchev–Trinajstić information content (AvgIpc) is 2.93. The average molecular weight is 350 g/mol. The van der Waals surface area contributed by atoms with Crippen molar-refractivity contribution in [3.63, 3.8) is 0 Å². The summed E-state index contributed by atoms with van der Waals surface area (Å²) in [5, 5.41) is 2.73. The van der Waals surface area contributed by atoms with Gasteiger partial charge in [0.15, 0.2) is 0 Å². The Labute approximate surface area is 130 Å². The van der Waals surface area contributed by atoms with Crippen LogP contribution in [0, 0.1) is 5.82 Å². The highest BCUT2D eigenvalue weighted by atomic mass is 79.9. The molecule has 1 aliphatic heterocycles. The fourth-order valence-electron chi connectivity index (χ4n) is 2.39. The Morgan fingerprint density at radius 1 is 1.33 bits per heavy atom. The molecular formula is C16H13BrFNO2. The molecule has 2 aromatic carbocycles. The second-order valence-electron chi connectivity index (χ2n) is 4.81. The number of nitrogens with one attached hydrogen (secondary N) is 1. The Bertz CT molecular complexity index is 703. The van der Waals surface area contributed by atoms with Gasteiger partial charge in [0.05, 0.1) is 12.2 Å². The monoisotopic (exact) mass is 349 g/mol. The van der Waals surface area contributed by atoms with Crippen LogP contribution in [0.25, 0.3) is 0 Å². The summed E-state index contributed by atoms with van der Waals surface area (Å²) >= 11 is 3.45. The molecule has 0 atom stereocenters. The first-order chi connectivity index (χ1) is 10.1. The van der Waals surface area contributed by atoms with Crippen LogP contribution in [-0.2, 0) is 13.0 Å². The number of hydrogen-bond donors (Lipinski definition) is 1. The third-order valence-electron chi connectivity index (χ3n) is 3.38. The highest BCUT2D eigenvalue weighted by Crippen LogP contribution is 2.32. The van der Waals surface area contributed by atoms with Gasteiger partial charge in [-0.2, -0.15) is 0 Å². The minimum Gasteiger partial charge on any atom is -0.493 e. The third-order valence-corrected chi connectivity index (χ3v) is 3.84. The quantitative estimate of drug-likeness (QED) is 0.921. The first-order valence-electron chi connectivity index (χ1n) is 6.62. The zero-order valence-corrected chi connectivity index (χ0v) is 12.7. The van der Waals surface area contributed by atoms with Gasteiger partial charge >= 0.3 is 0 Å². The van der Waals surface area contributed by atoms with Gasteiger partial charge in [-0.25, -0.2) is 4.39 Å². The molecule has 108 valence electrons. The number of hydrogen-bond acceptors (Lipinski definition) is 2. The first-order valence-corrected chi connectivity index (χ1v) is 7.41. The van der Waals surface area contributed by atoms with Crippen molar-refractivity contribution in [3.05, 3.63) is 63.4 Å². The van der Waals surface area contributed by atoms with E-state index in [4.69, 9.17) is 4.74 Å². The second kappa shape index (κ2) is 5.85. The second-order valence-corrected chi connectivity index (χ2v) is 5.73. The molecule has 0 radical (unpaired) electrons. The van der Waals surface area contributed by atoms with Crippen molar-refractivity contribution in [2.75, 3.05) is 6.61 Å². The standard InChI is InChI=1S/C16H13BrFNO2/c17-12-7-10-5-6-21-15(10)11(8-12)9-19-16(20)13-3-1-2-4-14(13)18/h1-4,7-8H,5-6,9H2,(H,19,20). The zero-order valence-electron chi connectivity index (χ0n) is 11.2. The molecule has 2 aromatic rings. The van der Waals surface area contributed by atoms with Crippen LogP contribution in [0.1, 0.15) is 21.5 Å². The highest BCUT2D eigenvalue weighted by molar-refractivity contribution is 9.10. The van der Waals surface area contributed by atoms with Crippen LogP contribution in [0.4, 0.5) is 4.39 Å². The number of carbonyl (C=O) groups is 1. The summed E-state index contributed by atoms with van der Waals surface area (Å²) in [7, 11) is 0. The van der Waals surface area contributed by atoms with Crippen molar-refractivity contribution < 1.29 is 13.9 Å². The smallest absolute Gasteiger partial charge is 0.254 e. The summed E-state index contributed by atoms with van der Waals surface area (Å²) < 4.78 is 20.1. The molecule has 1 heterocycles. The summed E-state index contributed by atoms with van der Waals surface area (Å²) in [5.41, 5.74) is 2.06. The van der Waals surface area contributed by atoms with Crippen LogP contribution >= 0.6 is 15.9 Å². The lowest BCUT2D eigenvalue weighted by atomic mass is 10.1. The lowest BCUT2D eigenvalue weighted by molar-refractivity contribution is 0.0946. The van der Waals surface area contributed by atoms with Crippen molar-refractivity contribution in [1.29, 1.82) is 0 Å². The van der Waals surface area contributed by atoms with Gasteiger partial charge in [-0.3, -0.25) is 4.79 Å². The molecule has 1 N–H and O–H groups in total. The van der Waals surface area contributed by atoms with Crippen molar-refractivity contribution in [1.82, 2.24) is 5.32 Å². The fraction of sp³-hybridized carbons (Fsp3) is 0.188. The van der Waals surface area contributed by atoms with E-state index in [9.17, 15) is 9.18 Å². The van der Waals surface area contributed by atoms with E-state index in [0.717, 1.165) is 27.8 Å². The largest absolute Gasteiger partial charge is 0.493 e. The van der Waals surface area contributed by atoms with E-state index >= 15 is 0 Å². The Balaban J connectivity index is 1.77. The normalized spacial score (nSPS) is 12.7. The number of benzene rings is 2. The number of amides is 1. The van der Waals surface area contributed by atoms with E-state index in [1.807, 2.05) is 12.1 Å². The van der Waals surface area contributed by atoms with E-state index in [-0.39, 0.29) is 5.56 Å². The number of carbonyl (C=O) groups excluding carboxylic acids is 1. The number of rotatable bonds is 3. The van der Waals surface area contributed by atoms with E-state index in [0.29, 0.717) is 13.2 Å². The number of fused-ring (bicyclic) bond motifs is 1. The Morgan fingerprint density at radius 3 is 2.95 bits per heavy atom. The van der Waals surface area contributed by atoms with Crippen LogP contribution < -0.4 is 10.1 Å². The van der Waals surface area contributed by atoms with Crippen LogP contribution in [0.15, 0.2) is 40.9 Å². The SMILES string of the molecule is O=C(NCc1cc(Br)cc2c1OCC2)c1ccccc1F. The van der Waals surface area contributed by atoms with Gasteiger partial charge in [0.1, 0.15) is 11.6 Å². The summed E-state index contributed by atoms with van der Waals surface area (Å²) in [5.74, 6) is -0.127. The molecule has 0 unspecified atom stereocenters. The van der Waals surface area contributed by atoms with Crippen molar-refractivity contribution in [3.8, 4) is 5.75 Å². The van der Waals surface area contributed by atoms with Gasteiger partial charge in [0.2, 0.25) is 0 Å². The number of ether oxygens (including phenoxy) is 1. The van der Waals surface area contributed by atoms with Gasteiger partial charge in [0, 0.05) is 23.0 Å². The summed E-state index contributed by atoms with van der Waals surface area (Å²) in [6, 6.07) is 9.86. The highest BCUT2D eigenvalue weighted by Gasteiger charge is 2.18. The van der Waals surface area contributed by atoms with Gasteiger partial charge < -0.3 is 10.1 Å². The molecule has 0 fully saturated rings. The molecule has 3 rings (SSSR count). The molecule has 0 aromatic heterocycles. The van der Waals surface area contributed by atoms with Gasteiger partial charge in [-0.05, 0) is 29.8 Å². The molecular weight excluding hydrogens is 337 g/mol. The van der Waals surface area contributed by atoms with Crippen molar-refractivity contribution >= 4 is 21.8 Å². The zero-order chi connectivity index (χ0) is 14.8. The van der Waals surface area contributed by atoms with Gasteiger partial charge in [0.25, 0.3) is 5.91 Å². The van der Waals surface area contributed by atoms with Crippen molar-refractivity contribution in [2.45, 2.75) is 13.0 Å². The molecule has 0 aliphatic carbocycles. The topological polar surface area (TPSA) is 38.3 Å². The molecule has 0 spiro atoms. The van der Waals surface area contributed by atoms with E-state index in [1.54, 1.807) is 12.1 Å². The summed E-state index contributed by atoms with van der Waals surface area (Å²) in [6.07, 6.45) is 0.864. The van der Waals surface area contributed by atoms with E-state index < -0.39 is 11.7 Å². The van der Waals surface area contributed by atoms with Gasteiger partial charge in [-0.15, -0.1) is 0 Å². The lowest BCUT2D eigenvalue weighted by Gasteiger charge is -2.10.